The standard InChI is InChI=1S/C7H13F2P/c1-5(6(2,3)4)7(8,9)10/h1,10H2,2-4H3. The van der Waals surface area contributed by atoms with E-state index in [2.05, 4.69) is 6.58 Å². The van der Waals surface area contributed by atoms with Crippen LogP contribution in [0.25, 0.3) is 0 Å². The quantitative estimate of drug-likeness (QED) is 0.415. The van der Waals surface area contributed by atoms with Gasteiger partial charge in [0, 0.05) is 5.57 Å². The summed E-state index contributed by atoms with van der Waals surface area (Å²) in [4.78, 5) is 0. The zero-order valence-electron chi connectivity index (χ0n) is 6.54. The van der Waals surface area contributed by atoms with Crippen LogP contribution >= 0.6 is 9.24 Å². The Hall–Kier alpha value is 0.0300. The Kier molecular flexibility index (Phi) is 2.59. The van der Waals surface area contributed by atoms with Gasteiger partial charge in [-0.3, -0.25) is 0 Å². The Labute approximate surface area is 62.9 Å². The molecule has 0 aromatic rings. The Bertz CT molecular complexity index is 123. The van der Waals surface area contributed by atoms with Crippen LogP contribution in [0, 0.1) is 5.41 Å². The predicted octanol–water partition coefficient (Wildman–Crippen LogP) is 3.06. The van der Waals surface area contributed by atoms with Crippen molar-refractivity contribution in [2.75, 3.05) is 0 Å². The van der Waals surface area contributed by atoms with Gasteiger partial charge in [-0.25, -0.2) is 0 Å². The first kappa shape index (κ1) is 10.0. The van der Waals surface area contributed by atoms with E-state index in [0.717, 1.165) is 0 Å². The Morgan fingerprint density at radius 2 is 1.60 bits per heavy atom. The molecule has 0 rings (SSSR count). The van der Waals surface area contributed by atoms with Crippen LogP contribution < -0.4 is 0 Å². The molecule has 0 aromatic heterocycles. The molecule has 0 saturated carbocycles. The van der Waals surface area contributed by atoms with Gasteiger partial charge in [0.05, 0.1) is 0 Å². The molecule has 3 heteroatoms. The molecule has 1 unspecified atom stereocenters. The molecule has 0 N–H and O–H groups in total. The second-order valence-electron chi connectivity index (χ2n) is 3.35. The van der Waals surface area contributed by atoms with Crippen molar-refractivity contribution in [3.63, 3.8) is 0 Å². The van der Waals surface area contributed by atoms with E-state index in [0.29, 0.717) is 0 Å². The lowest BCUT2D eigenvalue weighted by molar-refractivity contribution is 0.123. The minimum atomic E-state index is -2.84. The van der Waals surface area contributed by atoms with Gasteiger partial charge in [-0.1, -0.05) is 36.6 Å². The molecule has 0 saturated heterocycles. The second kappa shape index (κ2) is 2.58. The Morgan fingerprint density at radius 1 is 1.30 bits per heavy atom. The van der Waals surface area contributed by atoms with Crippen LogP contribution in [0.3, 0.4) is 0 Å². The summed E-state index contributed by atoms with van der Waals surface area (Å²) in [5, 5.41) is 0. The molecule has 0 aliphatic rings. The fourth-order valence-corrected chi connectivity index (χ4v) is 0.933. The average Bonchev–Trinajstić information content (AvgIpc) is 1.59. The van der Waals surface area contributed by atoms with Gasteiger partial charge in [-0.15, -0.1) is 0 Å². The van der Waals surface area contributed by atoms with E-state index in [1.165, 1.54) is 9.24 Å². The number of halogens is 2. The summed E-state index contributed by atoms with van der Waals surface area (Å²) in [5.74, 6) is 0. The summed E-state index contributed by atoms with van der Waals surface area (Å²) >= 11 is 0. The van der Waals surface area contributed by atoms with Crippen LogP contribution in [-0.2, 0) is 0 Å². The maximum atomic E-state index is 12.5. The number of allylic oxidation sites excluding steroid dienone is 1. The molecule has 0 radical (unpaired) electrons. The molecule has 0 fully saturated rings. The fraction of sp³-hybridized carbons (Fsp3) is 0.714. The first-order chi connectivity index (χ1) is 4.15. The molecule has 0 aliphatic carbocycles. The molecule has 0 aromatic carbocycles. The highest BCUT2D eigenvalue weighted by atomic mass is 31.0. The fourth-order valence-electron chi connectivity index (χ4n) is 0.500. The van der Waals surface area contributed by atoms with Gasteiger partial charge in [-0.05, 0) is 5.41 Å². The SMILES string of the molecule is C=C(C(C)(C)C)C(F)(F)P. The van der Waals surface area contributed by atoms with E-state index in [1.54, 1.807) is 20.8 Å². The topological polar surface area (TPSA) is 0 Å². The van der Waals surface area contributed by atoms with Gasteiger partial charge in [0.1, 0.15) is 0 Å². The van der Waals surface area contributed by atoms with Crippen molar-refractivity contribution < 1.29 is 8.78 Å². The van der Waals surface area contributed by atoms with E-state index in [9.17, 15) is 8.78 Å². The van der Waals surface area contributed by atoms with E-state index < -0.39 is 11.1 Å². The van der Waals surface area contributed by atoms with E-state index in [-0.39, 0.29) is 5.57 Å². The Morgan fingerprint density at radius 3 is 1.60 bits per heavy atom. The van der Waals surface area contributed by atoms with Crippen molar-refractivity contribution in [3.8, 4) is 0 Å². The van der Waals surface area contributed by atoms with Crippen LogP contribution in [0.2, 0.25) is 0 Å². The average molecular weight is 166 g/mol. The second-order valence-corrected chi connectivity index (χ2v) is 4.08. The normalized spacial score (nSPS) is 13.4. The number of alkyl halides is 2. The minimum Gasteiger partial charge on any atom is -0.197 e. The number of hydrogen-bond donors (Lipinski definition) is 0. The lowest BCUT2D eigenvalue weighted by atomic mass is 9.88. The third-order valence-corrected chi connectivity index (χ3v) is 1.66. The highest BCUT2D eigenvalue weighted by Crippen LogP contribution is 2.40. The lowest BCUT2D eigenvalue weighted by Crippen LogP contribution is -2.21. The van der Waals surface area contributed by atoms with E-state index >= 15 is 0 Å². The Balaban J connectivity index is 4.40. The van der Waals surface area contributed by atoms with Crippen molar-refractivity contribution in [2.24, 2.45) is 5.41 Å². The van der Waals surface area contributed by atoms with E-state index in [1.807, 2.05) is 0 Å². The summed E-state index contributed by atoms with van der Waals surface area (Å²) in [6.07, 6.45) is 0. The summed E-state index contributed by atoms with van der Waals surface area (Å²) in [7, 11) is 1.49. The van der Waals surface area contributed by atoms with Crippen LogP contribution in [0.1, 0.15) is 20.8 Å². The van der Waals surface area contributed by atoms with Gasteiger partial charge in [0.2, 0.25) is 0 Å². The summed E-state index contributed by atoms with van der Waals surface area (Å²) in [6, 6.07) is 0. The third kappa shape index (κ3) is 2.74. The van der Waals surface area contributed by atoms with Gasteiger partial charge >= 0.3 is 0 Å². The van der Waals surface area contributed by atoms with Crippen molar-refractivity contribution >= 4 is 9.24 Å². The monoisotopic (exact) mass is 166 g/mol. The zero-order valence-corrected chi connectivity index (χ0v) is 7.70. The number of hydrogen-bond acceptors (Lipinski definition) is 0. The summed E-state index contributed by atoms with van der Waals surface area (Å²) < 4.78 is 25.0. The molecule has 0 spiro atoms. The van der Waals surface area contributed by atoms with Gasteiger partial charge in [-0.2, -0.15) is 8.78 Å². The van der Waals surface area contributed by atoms with Crippen LogP contribution in [0.15, 0.2) is 12.2 Å². The van der Waals surface area contributed by atoms with Gasteiger partial charge in [0.15, 0.2) is 0 Å². The molecule has 0 amide bonds. The molecule has 60 valence electrons. The first-order valence-corrected chi connectivity index (χ1v) is 3.60. The largest absolute Gasteiger partial charge is 0.280 e. The molecule has 0 heterocycles. The van der Waals surface area contributed by atoms with Crippen molar-refractivity contribution in [2.45, 2.75) is 26.4 Å². The highest BCUT2D eigenvalue weighted by molar-refractivity contribution is 7.18. The van der Waals surface area contributed by atoms with E-state index in [4.69, 9.17) is 0 Å². The summed E-state index contributed by atoms with van der Waals surface area (Å²) in [6.45, 7) is 8.47. The van der Waals surface area contributed by atoms with Crippen molar-refractivity contribution in [1.82, 2.24) is 0 Å². The first-order valence-electron chi connectivity index (χ1n) is 3.02. The molecular weight excluding hydrogens is 153 g/mol. The maximum Gasteiger partial charge on any atom is 0.280 e. The summed E-state index contributed by atoms with van der Waals surface area (Å²) in [5.41, 5.74) is -3.41. The van der Waals surface area contributed by atoms with Gasteiger partial charge in [0.25, 0.3) is 5.66 Å². The molecule has 0 nitrogen and oxygen atoms in total. The molecule has 0 aliphatic heterocycles. The van der Waals surface area contributed by atoms with Crippen molar-refractivity contribution in [3.05, 3.63) is 12.2 Å². The van der Waals surface area contributed by atoms with Gasteiger partial charge < -0.3 is 0 Å². The lowest BCUT2D eigenvalue weighted by Gasteiger charge is -2.26. The molecule has 0 bridgehead atoms. The van der Waals surface area contributed by atoms with Crippen molar-refractivity contribution in [1.29, 1.82) is 0 Å². The predicted molar refractivity (Wildman–Crippen MR) is 43.3 cm³/mol. The maximum absolute atomic E-state index is 12.5. The molecular formula is C7H13F2P. The highest BCUT2D eigenvalue weighted by Gasteiger charge is 2.33. The zero-order chi connectivity index (χ0) is 8.58. The smallest absolute Gasteiger partial charge is 0.197 e. The molecule has 10 heavy (non-hydrogen) atoms. The minimum absolute atomic E-state index is 0.0509. The van der Waals surface area contributed by atoms with Crippen LogP contribution in [-0.4, -0.2) is 5.66 Å². The van der Waals surface area contributed by atoms with Crippen LogP contribution in [0.5, 0.6) is 0 Å². The van der Waals surface area contributed by atoms with Crippen LogP contribution in [0.4, 0.5) is 8.78 Å². The third-order valence-electron chi connectivity index (χ3n) is 1.31. The number of rotatable bonds is 1. The molecule has 1 atom stereocenters.